The first-order valence-corrected chi connectivity index (χ1v) is 6.61. The Morgan fingerprint density at radius 1 is 1.41 bits per heavy atom. The first-order valence-electron chi connectivity index (χ1n) is 6.61. The van der Waals surface area contributed by atoms with Crippen molar-refractivity contribution in [1.29, 1.82) is 0 Å². The second kappa shape index (κ2) is 5.23. The highest BCUT2D eigenvalue weighted by atomic mass is 16.2. The molecule has 5 heteroatoms. The van der Waals surface area contributed by atoms with Crippen molar-refractivity contribution < 1.29 is 4.79 Å². The van der Waals surface area contributed by atoms with Crippen LogP contribution >= 0.6 is 0 Å². The number of carbonyl (C=O) groups excluding carboxylic acids is 1. The molecule has 1 saturated heterocycles. The van der Waals surface area contributed by atoms with E-state index in [1.807, 2.05) is 0 Å². The first kappa shape index (κ1) is 12.6. The summed E-state index contributed by atoms with van der Waals surface area (Å²) in [4.78, 5) is 14.1. The third-order valence-electron chi connectivity index (χ3n) is 4.15. The molecule has 0 radical (unpaired) electrons. The molecule has 0 aromatic heterocycles. The van der Waals surface area contributed by atoms with Gasteiger partial charge in [-0.2, -0.15) is 0 Å². The zero-order valence-electron chi connectivity index (χ0n) is 10.7. The lowest BCUT2D eigenvalue weighted by Crippen LogP contribution is -2.61. The molecule has 2 fully saturated rings. The zero-order chi connectivity index (χ0) is 12.3. The van der Waals surface area contributed by atoms with Crippen LogP contribution in [0.15, 0.2) is 0 Å². The summed E-state index contributed by atoms with van der Waals surface area (Å²) in [5.41, 5.74) is 5.65. The lowest BCUT2D eigenvalue weighted by Gasteiger charge is -2.41. The molecule has 5 nitrogen and oxygen atoms in total. The van der Waals surface area contributed by atoms with Crippen molar-refractivity contribution in [2.45, 2.75) is 43.7 Å². The Morgan fingerprint density at radius 3 is 2.53 bits per heavy atom. The summed E-state index contributed by atoms with van der Waals surface area (Å²) >= 11 is 0. The number of piperidine rings is 1. The minimum absolute atomic E-state index is 0.0373. The van der Waals surface area contributed by atoms with Gasteiger partial charge in [-0.1, -0.05) is 0 Å². The number of amides is 2. The standard InChI is InChI=1S/C12H24N4O/c1-16-7-5-12(9-13,6-8-16)15-11(17)14-10-3-2-4-10/h10H,2-9,13H2,1H3,(H2,14,15,17). The Kier molecular flexibility index (Phi) is 3.89. The van der Waals surface area contributed by atoms with Gasteiger partial charge in [0.2, 0.25) is 0 Å². The maximum absolute atomic E-state index is 11.9. The van der Waals surface area contributed by atoms with Crippen LogP contribution in [0.5, 0.6) is 0 Å². The van der Waals surface area contributed by atoms with Crippen LogP contribution in [0.1, 0.15) is 32.1 Å². The van der Waals surface area contributed by atoms with Crippen LogP contribution in [-0.4, -0.2) is 49.2 Å². The molecule has 0 aromatic carbocycles. The van der Waals surface area contributed by atoms with E-state index in [0.717, 1.165) is 38.8 Å². The van der Waals surface area contributed by atoms with Gasteiger partial charge in [-0.05, 0) is 39.2 Å². The molecule has 1 aliphatic heterocycles. The fourth-order valence-corrected chi connectivity index (χ4v) is 2.44. The van der Waals surface area contributed by atoms with Crippen LogP contribution in [0, 0.1) is 0 Å². The number of nitrogens with one attached hydrogen (secondary N) is 2. The molecular weight excluding hydrogens is 216 g/mol. The van der Waals surface area contributed by atoms with Crippen LogP contribution in [-0.2, 0) is 0 Å². The van der Waals surface area contributed by atoms with Crippen LogP contribution in [0.25, 0.3) is 0 Å². The van der Waals surface area contributed by atoms with Crippen molar-refractivity contribution >= 4 is 6.03 Å². The summed E-state index contributed by atoms with van der Waals surface area (Å²) in [6, 6.07) is 0.348. The average molecular weight is 240 g/mol. The Bertz CT molecular complexity index is 270. The van der Waals surface area contributed by atoms with Crippen molar-refractivity contribution in [2.75, 3.05) is 26.7 Å². The molecule has 0 atom stereocenters. The second-order valence-corrected chi connectivity index (χ2v) is 5.51. The summed E-state index contributed by atoms with van der Waals surface area (Å²) in [5, 5.41) is 6.11. The quantitative estimate of drug-likeness (QED) is 0.663. The molecule has 2 rings (SSSR count). The second-order valence-electron chi connectivity index (χ2n) is 5.51. The highest BCUT2D eigenvalue weighted by Crippen LogP contribution is 2.21. The molecule has 2 amide bonds. The van der Waals surface area contributed by atoms with E-state index in [0.29, 0.717) is 12.6 Å². The van der Waals surface area contributed by atoms with E-state index in [4.69, 9.17) is 5.73 Å². The molecule has 0 spiro atoms. The number of urea groups is 1. The largest absolute Gasteiger partial charge is 0.335 e. The maximum atomic E-state index is 11.9. The number of hydrogen-bond acceptors (Lipinski definition) is 3. The van der Waals surface area contributed by atoms with Crippen molar-refractivity contribution in [3.63, 3.8) is 0 Å². The molecule has 0 bridgehead atoms. The predicted molar refractivity (Wildman–Crippen MR) is 67.8 cm³/mol. The summed E-state index contributed by atoms with van der Waals surface area (Å²) in [5.74, 6) is 0. The minimum atomic E-state index is -0.194. The van der Waals surface area contributed by atoms with E-state index in [1.165, 1.54) is 6.42 Å². The third kappa shape index (κ3) is 3.10. The van der Waals surface area contributed by atoms with E-state index in [9.17, 15) is 4.79 Å². The molecule has 1 aliphatic carbocycles. The number of nitrogens with zero attached hydrogens (tertiary/aromatic N) is 1. The first-order chi connectivity index (χ1) is 8.13. The van der Waals surface area contributed by atoms with E-state index >= 15 is 0 Å². The maximum Gasteiger partial charge on any atom is 0.315 e. The summed E-state index contributed by atoms with van der Waals surface area (Å²) < 4.78 is 0. The van der Waals surface area contributed by atoms with Gasteiger partial charge in [0.05, 0.1) is 5.54 Å². The van der Waals surface area contributed by atoms with E-state index in [1.54, 1.807) is 0 Å². The lowest BCUT2D eigenvalue weighted by molar-refractivity contribution is 0.158. The Hall–Kier alpha value is -0.810. The van der Waals surface area contributed by atoms with Crippen molar-refractivity contribution in [3.05, 3.63) is 0 Å². The van der Waals surface area contributed by atoms with E-state index < -0.39 is 0 Å². The van der Waals surface area contributed by atoms with Gasteiger partial charge in [-0.15, -0.1) is 0 Å². The monoisotopic (exact) mass is 240 g/mol. The fraction of sp³-hybridized carbons (Fsp3) is 0.917. The number of rotatable bonds is 3. The van der Waals surface area contributed by atoms with Crippen LogP contribution < -0.4 is 16.4 Å². The average Bonchev–Trinajstić information content (AvgIpc) is 2.27. The highest BCUT2D eigenvalue weighted by molar-refractivity contribution is 5.75. The molecule has 1 saturated carbocycles. The van der Waals surface area contributed by atoms with Gasteiger partial charge in [0.1, 0.15) is 0 Å². The topological polar surface area (TPSA) is 70.4 Å². The molecule has 2 aliphatic rings. The Labute approximate surface area is 103 Å². The van der Waals surface area contributed by atoms with Crippen LogP contribution in [0.2, 0.25) is 0 Å². The molecule has 1 heterocycles. The van der Waals surface area contributed by atoms with Crippen molar-refractivity contribution in [1.82, 2.24) is 15.5 Å². The van der Waals surface area contributed by atoms with Gasteiger partial charge in [0.15, 0.2) is 0 Å². The zero-order valence-corrected chi connectivity index (χ0v) is 10.7. The van der Waals surface area contributed by atoms with Gasteiger partial charge in [-0.3, -0.25) is 0 Å². The SMILES string of the molecule is CN1CCC(CN)(NC(=O)NC2CCC2)CC1. The van der Waals surface area contributed by atoms with Gasteiger partial charge < -0.3 is 21.3 Å². The molecular formula is C12H24N4O. The molecule has 4 N–H and O–H groups in total. The smallest absolute Gasteiger partial charge is 0.315 e. The van der Waals surface area contributed by atoms with Gasteiger partial charge in [0, 0.05) is 25.7 Å². The summed E-state index contributed by atoms with van der Waals surface area (Å²) in [6.07, 6.45) is 5.35. The van der Waals surface area contributed by atoms with Gasteiger partial charge >= 0.3 is 6.03 Å². The highest BCUT2D eigenvalue weighted by Gasteiger charge is 2.34. The number of hydrogen-bond donors (Lipinski definition) is 3. The van der Waals surface area contributed by atoms with Crippen molar-refractivity contribution in [2.24, 2.45) is 5.73 Å². The number of carbonyl (C=O) groups is 1. The molecule has 17 heavy (non-hydrogen) atoms. The van der Waals surface area contributed by atoms with E-state index in [-0.39, 0.29) is 11.6 Å². The van der Waals surface area contributed by atoms with E-state index in [2.05, 4.69) is 22.6 Å². The minimum Gasteiger partial charge on any atom is -0.335 e. The summed E-state index contributed by atoms with van der Waals surface area (Å²) in [6.45, 7) is 2.53. The summed E-state index contributed by atoms with van der Waals surface area (Å²) in [7, 11) is 2.11. The third-order valence-corrected chi connectivity index (χ3v) is 4.15. The van der Waals surface area contributed by atoms with Crippen molar-refractivity contribution in [3.8, 4) is 0 Å². The fourth-order valence-electron chi connectivity index (χ4n) is 2.44. The van der Waals surface area contributed by atoms with Crippen LogP contribution in [0.4, 0.5) is 4.79 Å². The van der Waals surface area contributed by atoms with Gasteiger partial charge in [0.25, 0.3) is 0 Å². The lowest BCUT2D eigenvalue weighted by atomic mass is 9.87. The molecule has 0 aromatic rings. The number of nitrogens with two attached hydrogens (primary N) is 1. The molecule has 0 unspecified atom stereocenters. The molecule has 98 valence electrons. The normalized spacial score (nSPS) is 25.1. The Morgan fingerprint density at radius 2 is 2.06 bits per heavy atom. The Balaban J connectivity index is 1.83. The number of likely N-dealkylation sites (tertiary alicyclic amines) is 1. The van der Waals surface area contributed by atoms with Gasteiger partial charge in [-0.25, -0.2) is 4.79 Å². The van der Waals surface area contributed by atoms with Crippen LogP contribution in [0.3, 0.4) is 0 Å². The predicted octanol–water partition coefficient (Wildman–Crippen LogP) is 0.261.